The summed E-state index contributed by atoms with van der Waals surface area (Å²) >= 11 is 0. The van der Waals surface area contributed by atoms with Gasteiger partial charge in [-0.15, -0.1) is 0 Å². The molecule has 2 aliphatic heterocycles. The maximum atomic E-state index is 14.4. The van der Waals surface area contributed by atoms with Crippen LogP contribution >= 0.6 is 0 Å². The smallest absolute Gasteiger partial charge is 0.255 e. The van der Waals surface area contributed by atoms with Crippen molar-refractivity contribution in [3.8, 4) is 6.07 Å². The van der Waals surface area contributed by atoms with Crippen molar-refractivity contribution in [2.45, 2.75) is 32.4 Å². The highest BCUT2D eigenvalue weighted by molar-refractivity contribution is 6.04. The van der Waals surface area contributed by atoms with Crippen LogP contribution in [-0.4, -0.2) is 60.5 Å². The fraction of sp³-hybridized carbons (Fsp3) is 0.400. The second-order valence-corrected chi connectivity index (χ2v) is 8.49. The van der Waals surface area contributed by atoms with E-state index in [2.05, 4.69) is 10.2 Å². The number of piperazine rings is 1. The summed E-state index contributed by atoms with van der Waals surface area (Å²) in [4.78, 5) is 29.2. The number of halogens is 1. The van der Waals surface area contributed by atoms with Crippen LogP contribution in [0.2, 0.25) is 0 Å². The van der Waals surface area contributed by atoms with E-state index in [0.29, 0.717) is 56.1 Å². The van der Waals surface area contributed by atoms with Crippen LogP contribution < -0.4 is 5.32 Å². The molecular formula is C25H27FN4O3. The number of nitrogens with zero attached hydrogens (tertiary/aromatic N) is 3. The second-order valence-electron chi connectivity index (χ2n) is 8.49. The number of carbonyl (C=O) groups is 2. The molecule has 2 amide bonds. The predicted molar refractivity (Wildman–Crippen MR) is 121 cm³/mol. The van der Waals surface area contributed by atoms with Gasteiger partial charge in [0.1, 0.15) is 11.9 Å². The van der Waals surface area contributed by atoms with Crippen LogP contribution in [0.25, 0.3) is 0 Å². The van der Waals surface area contributed by atoms with Gasteiger partial charge in [-0.05, 0) is 61.2 Å². The fourth-order valence-electron chi connectivity index (χ4n) is 4.30. The second kappa shape index (κ2) is 10.1. The molecule has 0 aliphatic carbocycles. The van der Waals surface area contributed by atoms with E-state index < -0.39 is 11.7 Å². The van der Waals surface area contributed by atoms with Crippen LogP contribution in [0.4, 0.5) is 10.1 Å². The van der Waals surface area contributed by atoms with Crippen LogP contribution in [-0.2, 0) is 16.1 Å². The third-order valence-electron chi connectivity index (χ3n) is 6.27. The number of amides is 2. The lowest BCUT2D eigenvalue weighted by atomic mass is 10.0. The van der Waals surface area contributed by atoms with Crippen LogP contribution in [0.3, 0.4) is 0 Å². The van der Waals surface area contributed by atoms with Gasteiger partial charge in [-0.2, -0.15) is 5.26 Å². The Morgan fingerprint density at radius 2 is 2.00 bits per heavy atom. The predicted octanol–water partition coefficient (Wildman–Crippen LogP) is 3.08. The molecule has 1 unspecified atom stereocenters. The Morgan fingerprint density at radius 3 is 2.70 bits per heavy atom. The Morgan fingerprint density at radius 1 is 1.21 bits per heavy atom. The molecule has 0 radical (unpaired) electrons. The van der Waals surface area contributed by atoms with Crippen molar-refractivity contribution in [2.24, 2.45) is 0 Å². The monoisotopic (exact) mass is 450 g/mol. The maximum Gasteiger partial charge on any atom is 0.255 e. The molecule has 172 valence electrons. The molecule has 2 saturated heterocycles. The summed E-state index contributed by atoms with van der Waals surface area (Å²) < 4.78 is 19.9. The highest BCUT2D eigenvalue weighted by atomic mass is 19.1. The van der Waals surface area contributed by atoms with Gasteiger partial charge in [0.15, 0.2) is 0 Å². The van der Waals surface area contributed by atoms with Crippen molar-refractivity contribution in [1.29, 1.82) is 5.26 Å². The zero-order chi connectivity index (χ0) is 23.4. The molecule has 0 aromatic heterocycles. The number of benzene rings is 2. The first-order chi connectivity index (χ1) is 15.9. The minimum Gasteiger partial charge on any atom is -0.368 e. The largest absolute Gasteiger partial charge is 0.368 e. The summed E-state index contributed by atoms with van der Waals surface area (Å²) in [6.45, 7) is 5.65. The standard InChI is InChI=1S/C25H27FN4O3/c1-17-20(16-29-7-9-30(10-8-29)25(32)23-6-3-11-33-23)13-21(26)14-22(17)28-24(31)19-5-2-4-18(12-19)15-27/h2,4-5,12-14,23H,3,6-11,16H2,1H3,(H,28,31). The Bertz CT molecular complexity index is 1080. The molecule has 0 saturated carbocycles. The summed E-state index contributed by atoms with van der Waals surface area (Å²) in [6, 6.07) is 11.2. The number of ether oxygens (including phenoxy) is 1. The molecule has 8 heteroatoms. The highest BCUT2D eigenvalue weighted by Gasteiger charge is 2.30. The molecular weight excluding hydrogens is 423 g/mol. The van der Waals surface area contributed by atoms with E-state index in [1.807, 2.05) is 17.9 Å². The Kier molecular flexibility index (Phi) is 7.02. The maximum absolute atomic E-state index is 14.4. The number of hydrogen-bond acceptors (Lipinski definition) is 5. The van der Waals surface area contributed by atoms with Gasteiger partial charge < -0.3 is 15.0 Å². The van der Waals surface area contributed by atoms with E-state index in [0.717, 1.165) is 24.0 Å². The average Bonchev–Trinajstić information content (AvgIpc) is 3.37. The quantitative estimate of drug-likeness (QED) is 0.757. The minimum atomic E-state index is -0.427. The zero-order valence-corrected chi connectivity index (χ0v) is 18.6. The van der Waals surface area contributed by atoms with Crippen molar-refractivity contribution < 1.29 is 18.7 Å². The van der Waals surface area contributed by atoms with E-state index in [1.165, 1.54) is 18.2 Å². The first-order valence-electron chi connectivity index (χ1n) is 11.2. The molecule has 1 N–H and O–H groups in total. The summed E-state index contributed by atoms with van der Waals surface area (Å²) in [5, 5.41) is 11.8. The van der Waals surface area contributed by atoms with E-state index >= 15 is 0 Å². The van der Waals surface area contributed by atoms with Crippen molar-refractivity contribution in [1.82, 2.24) is 9.80 Å². The number of rotatable bonds is 5. The number of anilines is 1. The van der Waals surface area contributed by atoms with Gasteiger partial charge in [0.25, 0.3) is 11.8 Å². The van der Waals surface area contributed by atoms with Crippen LogP contribution in [0.1, 0.15) is 39.9 Å². The molecule has 0 bridgehead atoms. The molecule has 2 fully saturated rings. The molecule has 1 atom stereocenters. The van der Waals surface area contributed by atoms with Gasteiger partial charge in [-0.1, -0.05) is 6.07 Å². The normalized spacial score (nSPS) is 18.7. The van der Waals surface area contributed by atoms with Gasteiger partial charge >= 0.3 is 0 Å². The fourth-order valence-corrected chi connectivity index (χ4v) is 4.30. The Balaban J connectivity index is 1.40. The van der Waals surface area contributed by atoms with E-state index in [4.69, 9.17) is 10.00 Å². The van der Waals surface area contributed by atoms with E-state index in [1.54, 1.807) is 18.2 Å². The first-order valence-corrected chi connectivity index (χ1v) is 11.2. The Labute approximate surface area is 192 Å². The lowest BCUT2D eigenvalue weighted by Gasteiger charge is -2.36. The number of hydrogen-bond donors (Lipinski definition) is 1. The van der Waals surface area contributed by atoms with Crippen molar-refractivity contribution in [3.63, 3.8) is 0 Å². The van der Waals surface area contributed by atoms with Gasteiger partial charge in [-0.25, -0.2) is 4.39 Å². The molecule has 2 aromatic rings. The molecule has 4 rings (SSSR count). The summed E-state index contributed by atoms with van der Waals surface area (Å²) in [6.07, 6.45) is 1.41. The summed E-state index contributed by atoms with van der Waals surface area (Å²) in [5.74, 6) is -0.753. The molecule has 2 aliphatic rings. The number of nitriles is 1. The van der Waals surface area contributed by atoms with Crippen molar-refractivity contribution >= 4 is 17.5 Å². The average molecular weight is 451 g/mol. The van der Waals surface area contributed by atoms with Gasteiger partial charge in [0.05, 0.1) is 11.6 Å². The van der Waals surface area contributed by atoms with Gasteiger partial charge in [0, 0.05) is 50.6 Å². The van der Waals surface area contributed by atoms with Gasteiger partial charge in [-0.3, -0.25) is 14.5 Å². The minimum absolute atomic E-state index is 0.0690. The topological polar surface area (TPSA) is 85.7 Å². The van der Waals surface area contributed by atoms with Crippen molar-refractivity contribution in [3.05, 3.63) is 64.5 Å². The third kappa shape index (κ3) is 5.38. The van der Waals surface area contributed by atoms with E-state index in [-0.39, 0.29) is 12.0 Å². The molecule has 7 nitrogen and oxygen atoms in total. The van der Waals surface area contributed by atoms with E-state index in [9.17, 15) is 14.0 Å². The number of nitrogens with one attached hydrogen (secondary N) is 1. The summed E-state index contributed by atoms with van der Waals surface area (Å²) in [5.41, 5.74) is 2.71. The lowest BCUT2D eigenvalue weighted by Crippen LogP contribution is -2.51. The molecule has 2 aromatic carbocycles. The summed E-state index contributed by atoms with van der Waals surface area (Å²) in [7, 11) is 0. The van der Waals surface area contributed by atoms with Crippen molar-refractivity contribution in [2.75, 3.05) is 38.1 Å². The Hall–Kier alpha value is -3.28. The molecule has 33 heavy (non-hydrogen) atoms. The third-order valence-corrected chi connectivity index (χ3v) is 6.27. The molecule has 2 heterocycles. The molecule has 0 spiro atoms. The highest BCUT2D eigenvalue weighted by Crippen LogP contribution is 2.24. The number of carbonyl (C=O) groups excluding carboxylic acids is 2. The zero-order valence-electron chi connectivity index (χ0n) is 18.6. The van der Waals surface area contributed by atoms with Gasteiger partial charge in [0.2, 0.25) is 0 Å². The van der Waals surface area contributed by atoms with Crippen LogP contribution in [0, 0.1) is 24.1 Å². The SMILES string of the molecule is Cc1c(CN2CCN(C(=O)C3CCCO3)CC2)cc(F)cc1NC(=O)c1cccc(C#N)c1. The first kappa shape index (κ1) is 22.9. The lowest BCUT2D eigenvalue weighted by molar-refractivity contribution is -0.142. The van der Waals surface area contributed by atoms with Crippen LogP contribution in [0.15, 0.2) is 36.4 Å². The van der Waals surface area contributed by atoms with Crippen LogP contribution in [0.5, 0.6) is 0 Å².